The third-order valence-corrected chi connectivity index (χ3v) is 13.2. The Kier molecular flexibility index (Phi) is 6.80. The zero-order valence-electron chi connectivity index (χ0n) is 33.6. The van der Waals surface area contributed by atoms with Crippen LogP contribution in [0.1, 0.15) is 0 Å². The van der Waals surface area contributed by atoms with Gasteiger partial charge in [0, 0.05) is 65.8 Å². The highest BCUT2D eigenvalue weighted by molar-refractivity contribution is 6.29. The molecule has 0 bridgehead atoms. The second-order valence-corrected chi connectivity index (χ2v) is 16.5. The summed E-state index contributed by atoms with van der Waals surface area (Å²) in [5, 5.41) is 12.6. The second kappa shape index (κ2) is 12.6. The molecule has 0 fully saturated rings. The lowest BCUT2D eigenvalue weighted by molar-refractivity contribution is 1.27. The first-order valence-corrected chi connectivity index (χ1v) is 21.4. The van der Waals surface area contributed by atoms with E-state index in [4.69, 9.17) is 0 Å². The van der Waals surface area contributed by atoms with Crippen molar-refractivity contribution in [1.29, 1.82) is 0 Å². The van der Waals surface area contributed by atoms with Crippen molar-refractivity contribution in [2.45, 2.75) is 0 Å². The van der Waals surface area contributed by atoms with Gasteiger partial charge >= 0.3 is 0 Å². The lowest BCUT2D eigenvalue weighted by Crippen LogP contribution is -2.10. The van der Waals surface area contributed by atoms with E-state index in [0.717, 1.165) is 34.1 Å². The van der Waals surface area contributed by atoms with Crippen LogP contribution in [0.2, 0.25) is 0 Å². The van der Waals surface area contributed by atoms with Crippen molar-refractivity contribution >= 4 is 121 Å². The second-order valence-electron chi connectivity index (χ2n) is 16.5. The lowest BCUT2D eigenvalue weighted by atomic mass is 10.0. The minimum atomic E-state index is 1.13. The molecule has 4 heterocycles. The third-order valence-electron chi connectivity index (χ3n) is 13.2. The average Bonchev–Trinajstić information content (AvgIpc) is 4.06. The van der Waals surface area contributed by atoms with Crippen LogP contribution in [0.3, 0.4) is 0 Å². The zero-order chi connectivity index (χ0) is 40.5. The number of nitrogens with zero attached hydrogens (tertiary/aromatic N) is 4. The average molecular weight is 789 g/mol. The Morgan fingerprint density at radius 1 is 0.242 bits per heavy atom. The molecule has 0 aliphatic rings. The quantitative estimate of drug-likeness (QED) is 0.167. The topological polar surface area (TPSA) is 15.3 Å². The predicted octanol–water partition coefficient (Wildman–Crippen LogP) is 16.1. The molecule has 0 aliphatic carbocycles. The largest absolute Gasteiger partial charge is 0.308 e. The fourth-order valence-electron chi connectivity index (χ4n) is 10.8. The Labute approximate surface area is 356 Å². The van der Waals surface area contributed by atoms with E-state index >= 15 is 0 Å². The van der Waals surface area contributed by atoms with Gasteiger partial charge in [-0.1, -0.05) is 133 Å². The van der Waals surface area contributed by atoms with Gasteiger partial charge in [0.2, 0.25) is 0 Å². The first-order chi connectivity index (χ1) is 30.8. The first kappa shape index (κ1) is 33.5. The molecule has 14 rings (SSSR count). The summed E-state index contributed by atoms with van der Waals surface area (Å²) in [6.45, 7) is 0. The normalized spacial score (nSPS) is 12.2. The monoisotopic (exact) mass is 788 g/mol. The van der Waals surface area contributed by atoms with Crippen LogP contribution in [0.5, 0.6) is 0 Å². The van der Waals surface area contributed by atoms with Gasteiger partial charge in [-0.25, -0.2) is 0 Å². The van der Waals surface area contributed by atoms with Crippen LogP contribution in [0, 0.1) is 0 Å². The molecule has 14 aromatic rings. The maximum atomic E-state index is 2.54. The first-order valence-electron chi connectivity index (χ1n) is 21.4. The van der Waals surface area contributed by atoms with E-state index in [1.165, 1.54) is 87.0 Å². The van der Waals surface area contributed by atoms with E-state index in [-0.39, 0.29) is 0 Å². The number of para-hydroxylation sites is 8. The molecule has 10 aromatic carbocycles. The minimum absolute atomic E-state index is 1.13. The Morgan fingerprint density at radius 3 is 0.871 bits per heavy atom. The summed E-state index contributed by atoms with van der Waals surface area (Å²) in [4.78, 5) is 4.81. The Bertz CT molecular complexity index is 3680. The van der Waals surface area contributed by atoms with Crippen LogP contribution >= 0.6 is 0 Å². The van der Waals surface area contributed by atoms with Crippen molar-refractivity contribution in [2.24, 2.45) is 0 Å². The molecule has 0 radical (unpaired) electrons. The van der Waals surface area contributed by atoms with Crippen LogP contribution in [0.15, 0.2) is 218 Å². The Morgan fingerprint density at radius 2 is 0.532 bits per heavy atom. The molecule has 0 saturated heterocycles. The fourth-order valence-corrected chi connectivity index (χ4v) is 10.8. The number of anilines is 6. The summed E-state index contributed by atoms with van der Waals surface area (Å²) in [7, 11) is 0. The smallest absolute Gasteiger partial charge is 0.0782 e. The van der Waals surface area contributed by atoms with Crippen molar-refractivity contribution in [3.05, 3.63) is 218 Å². The Hall–Kier alpha value is -8.34. The van der Waals surface area contributed by atoms with Gasteiger partial charge < -0.3 is 18.6 Å². The number of hydrogen-bond acceptors (Lipinski definition) is 2. The van der Waals surface area contributed by atoms with Gasteiger partial charge in [0.1, 0.15) is 0 Å². The summed E-state index contributed by atoms with van der Waals surface area (Å²) in [5.74, 6) is 0. The SMILES string of the molecule is c1ccc(N(c2ccccc2)c2cccc3c4cccc5c6cc7cc8c(cc7cc6n(c23)c54)c2cccc3c4cccc(N(c5ccccc5)c5ccccc5)c4n8c23)cc1. The van der Waals surface area contributed by atoms with Gasteiger partial charge in [-0.05, 0) is 95.7 Å². The van der Waals surface area contributed by atoms with Crippen molar-refractivity contribution in [1.82, 2.24) is 8.80 Å². The molecular weight excluding hydrogens is 753 g/mol. The molecule has 0 aliphatic heterocycles. The molecular formula is C58H36N4. The number of rotatable bonds is 6. The van der Waals surface area contributed by atoms with Gasteiger partial charge in [0.15, 0.2) is 0 Å². The van der Waals surface area contributed by atoms with E-state index in [9.17, 15) is 0 Å². The highest BCUT2D eigenvalue weighted by atomic mass is 15.2. The van der Waals surface area contributed by atoms with E-state index in [1.807, 2.05) is 0 Å². The van der Waals surface area contributed by atoms with Crippen LogP contribution in [-0.4, -0.2) is 8.80 Å². The molecule has 0 saturated carbocycles. The summed E-state index contributed by atoms with van der Waals surface area (Å²) >= 11 is 0. The van der Waals surface area contributed by atoms with Gasteiger partial charge in [-0.15, -0.1) is 0 Å². The van der Waals surface area contributed by atoms with Gasteiger partial charge in [-0.3, -0.25) is 0 Å². The molecule has 0 spiro atoms. The van der Waals surface area contributed by atoms with Crippen LogP contribution < -0.4 is 9.80 Å². The molecule has 0 N–H and O–H groups in total. The minimum Gasteiger partial charge on any atom is -0.308 e. The van der Waals surface area contributed by atoms with Crippen molar-refractivity contribution in [2.75, 3.05) is 9.80 Å². The molecule has 4 aromatic heterocycles. The van der Waals surface area contributed by atoms with E-state index < -0.39 is 0 Å². The molecule has 0 unspecified atom stereocenters. The van der Waals surface area contributed by atoms with Crippen molar-refractivity contribution < 1.29 is 0 Å². The van der Waals surface area contributed by atoms with Gasteiger partial charge in [-0.2, -0.15) is 0 Å². The highest BCUT2D eigenvalue weighted by Gasteiger charge is 2.26. The van der Waals surface area contributed by atoms with Gasteiger partial charge in [0.05, 0.1) is 44.5 Å². The van der Waals surface area contributed by atoms with E-state index in [2.05, 4.69) is 237 Å². The molecule has 0 amide bonds. The summed E-state index contributed by atoms with van der Waals surface area (Å²) in [5.41, 5.74) is 14.2. The fraction of sp³-hybridized carbons (Fsp3) is 0. The number of hydrogen-bond donors (Lipinski definition) is 0. The van der Waals surface area contributed by atoms with E-state index in [0.29, 0.717) is 0 Å². The number of aromatic nitrogens is 2. The molecule has 0 atom stereocenters. The van der Waals surface area contributed by atoms with Gasteiger partial charge in [0.25, 0.3) is 0 Å². The molecule has 62 heavy (non-hydrogen) atoms. The van der Waals surface area contributed by atoms with Crippen LogP contribution in [0.4, 0.5) is 34.1 Å². The predicted molar refractivity (Wildman–Crippen MR) is 263 cm³/mol. The summed E-state index contributed by atoms with van der Waals surface area (Å²) in [6, 6.07) is 80.0. The highest BCUT2D eigenvalue weighted by Crippen LogP contribution is 2.49. The van der Waals surface area contributed by atoms with Crippen LogP contribution in [-0.2, 0) is 0 Å². The summed E-state index contributed by atoms with van der Waals surface area (Å²) < 4.78 is 5.09. The summed E-state index contributed by atoms with van der Waals surface area (Å²) in [6.07, 6.45) is 0. The van der Waals surface area contributed by atoms with Crippen molar-refractivity contribution in [3.8, 4) is 0 Å². The molecule has 4 nitrogen and oxygen atoms in total. The maximum Gasteiger partial charge on any atom is 0.0782 e. The number of fused-ring (bicyclic) bond motifs is 13. The zero-order valence-corrected chi connectivity index (χ0v) is 33.6. The van der Waals surface area contributed by atoms with E-state index in [1.54, 1.807) is 0 Å². The molecule has 288 valence electrons. The van der Waals surface area contributed by atoms with Crippen molar-refractivity contribution in [3.63, 3.8) is 0 Å². The Balaban J connectivity index is 1.07. The standard InChI is InChI=1S/C58H36N4/c1-5-17-39(18-6-1)59(40-19-7-2-8-20-40)51-31-15-29-45-43-25-13-27-47-49-33-38-36-54-50(34-37(38)35-53(49)61(55(43)47)57(45)51)48-28-14-26-44-46-30-16-32-52(58(46)62(54)56(44)48)60(41-21-9-3-10-22-41)42-23-11-4-12-24-42/h1-36H. The lowest BCUT2D eigenvalue weighted by Gasteiger charge is -2.26. The maximum absolute atomic E-state index is 2.54. The molecule has 4 heteroatoms. The third kappa shape index (κ3) is 4.50. The van der Waals surface area contributed by atoms with Crippen LogP contribution in [0.25, 0.3) is 87.0 Å². The number of benzene rings is 10.